The van der Waals surface area contributed by atoms with Crippen molar-refractivity contribution in [3.05, 3.63) is 30.1 Å². The van der Waals surface area contributed by atoms with Gasteiger partial charge in [0.15, 0.2) is 9.84 Å². The highest BCUT2D eigenvalue weighted by atomic mass is 32.2. The van der Waals surface area contributed by atoms with Gasteiger partial charge in [-0.3, -0.25) is 9.59 Å². The van der Waals surface area contributed by atoms with Gasteiger partial charge in [-0.15, -0.1) is 0 Å². The molecule has 0 saturated carbocycles. The Morgan fingerprint density at radius 3 is 2.39 bits per heavy atom. The van der Waals surface area contributed by atoms with Crippen LogP contribution >= 0.6 is 0 Å². The van der Waals surface area contributed by atoms with Crippen LogP contribution in [-0.4, -0.2) is 36.9 Å². The van der Waals surface area contributed by atoms with E-state index in [9.17, 15) is 22.4 Å². The van der Waals surface area contributed by atoms with Crippen molar-refractivity contribution in [1.29, 1.82) is 0 Å². The van der Waals surface area contributed by atoms with Crippen LogP contribution in [-0.2, 0) is 19.4 Å². The van der Waals surface area contributed by atoms with Crippen molar-refractivity contribution >= 4 is 27.4 Å². The van der Waals surface area contributed by atoms with Crippen LogP contribution in [0.2, 0.25) is 0 Å². The normalized spacial score (nSPS) is 10.9. The van der Waals surface area contributed by atoms with E-state index in [1.54, 1.807) is 0 Å². The highest BCUT2D eigenvalue weighted by Gasteiger charge is 2.20. The Bertz CT molecular complexity index is 569. The zero-order chi connectivity index (χ0) is 13.8. The molecule has 2 N–H and O–H groups in total. The lowest BCUT2D eigenvalue weighted by molar-refractivity contribution is -0.134. The molecule has 0 aliphatic rings. The van der Waals surface area contributed by atoms with Crippen LogP contribution < -0.4 is 5.32 Å². The summed E-state index contributed by atoms with van der Waals surface area (Å²) in [5.41, 5.74) is -0.159. The monoisotopic (exact) mass is 275 g/mol. The molecule has 1 rings (SSSR count). The van der Waals surface area contributed by atoms with E-state index in [1.807, 2.05) is 0 Å². The molecule has 8 heteroatoms. The van der Waals surface area contributed by atoms with Crippen LogP contribution in [0, 0.1) is 5.82 Å². The number of hydrogen-bond acceptors (Lipinski definition) is 4. The summed E-state index contributed by atoms with van der Waals surface area (Å²) in [6, 6.07) is 5.23. The molecule has 0 atom stereocenters. The van der Waals surface area contributed by atoms with Crippen molar-refractivity contribution in [3.63, 3.8) is 0 Å². The lowest BCUT2D eigenvalue weighted by atomic mass is 10.3. The van der Waals surface area contributed by atoms with Crippen LogP contribution in [0.1, 0.15) is 0 Å². The first-order chi connectivity index (χ1) is 8.30. The van der Waals surface area contributed by atoms with E-state index in [1.165, 1.54) is 18.2 Å². The van der Waals surface area contributed by atoms with E-state index in [2.05, 4.69) is 5.32 Å². The maximum Gasteiger partial charge on any atom is 0.318 e. The van der Waals surface area contributed by atoms with Gasteiger partial charge in [0.2, 0.25) is 5.91 Å². The average molecular weight is 275 g/mol. The number of hydrogen-bond donors (Lipinski definition) is 2. The number of carbonyl (C=O) groups is 2. The molecule has 1 aromatic carbocycles. The van der Waals surface area contributed by atoms with Crippen molar-refractivity contribution in [2.24, 2.45) is 0 Å². The molecule has 98 valence electrons. The summed E-state index contributed by atoms with van der Waals surface area (Å²) in [4.78, 5) is 21.5. The van der Waals surface area contributed by atoms with E-state index in [0.29, 0.717) is 0 Å². The fraction of sp³-hybridized carbons (Fsp3) is 0.200. The van der Waals surface area contributed by atoms with E-state index < -0.39 is 39.0 Å². The Hall–Kier alpha value is -1.96. The number of amides is 1. The third kappa shape index (κ3) is 4.50. The summed E-state index contributed by atoms with van der Waals surface area (Å²) in [6.07, 6.45) is 0. The second-order valence-electron chi connectivity index (χ2n) is 3.45. The van der Waals surface area contributed by atoms with Gasteiger partial charge in [0.05, 0.1) is 5.69 Å². The van der Waals surface area contributed by atoms with Gasteiger partial charge in [-0.05, 0) is 12.1 Å². The average Bonchev–Trinajstić information content (AvgIpc) is 2.18. The van der Waals surface area contributed by atoms with Crippen molar-refractivity contribution in [3.8, 4) is 0 Å². The number of nitrogens with one attached hydrogen (secondary N) is 1. The van der Waals surface area contributed by atoms with Crippen LogP contribution in [0.4, 0.5) is 10.1 Å². The Balaban J connectivity index is 2.68. The van der Waals surface area contributed by atoms with Gasteiger partial charge in [-0.25, -0.2) is 12.8 Å². The van der Waals surface area contributed by atoms with Crippen molar-refractivity contribution < 1.29 is 27.5 Å². The molecule has 0 aliphatic heterocycles. The quantitative estimate of drug-likeness (QED) is 0.803. The van der Waals surface area contributed by atoms with Crippen molar-refractivity contribution in [2.75, 3.05) is 16.8 Å². The van der Waals surface area contributed by atoms with Crippen LogP contribution in [0.15, 0.2) is 24.3 Å². The molecule has 1 aromatic rings. The molecule has 0 spiro atoms. The highest BCUT2D eigenvalue weighted by molar-refractivity contribution is 7.92. The number of para-hydroxylation sites is 1. The van der Waals surface area contributed by atoms with Gasteiger partial charge in [0, 0.05) is 0 Å². The smallest absolute Gasteiger partial charge is 0.318 e. The third-order valence-electron chi connectivity index (χ3n) is 1.84. The van der Waals surface area contributed by atoms with Gasteiger partial charge < -0.3 is 10.4 Å². The lowest BCUT2D eigenvalue weighted by Gasteiger charge is -2.05. The Morgan fingerprint density at radius 2 is 1.83 bits per heavy atom. The first-order valence-corrected chi connectivity index (χ1v) is 6.59. The van der Waals surface area contributed by atoms with Crippen LogP contribution in [0.25, 0.3) is 0 Å². The second kappa shape index (κ2) is 5.58. The molecule has 0 aromatic heterocycles. The molecule has 0 heterocycles. The molecule has 6 nitrogen and oxygen atoms in total. The number of aliphatic carboxylic acids is 1. The maximum absolute atomic E-state index is 13.1. The highest BCUT2D eigenvalue weighted by Crippen LogP contribution is 2.12. The maximum atomic E-state index is 13.1. The number of rotatable bonds is 5. The minimum absolute atomic E-state index is 0.159. The number of carboxylic acid groups (broad SMARTS) is 1. The molecule has 0 bridgehead atoms. The van der Waals surface area contributed by atoms with Crippen molar-refractivity contribution in [1.82, 2.24) is 0 Å². The largest absolute Gasteiger partial charge is 0.480 e. The zero-order valence-corrected chi connectivity index (χ0v) is 9.91. The number of sulfone groups is 1. The second-order valence-corrected chi connectivity index (χ2v) is 5.52. The third-order valence-corrected chi connectivity index (χ3v) is 3.23. The molecule has 0 radical (unpaired) electrons. The zero-order valence-electron chi connectivity index (χ0n) is 9.09. The fourth-order valence-electron chi connectivity index (χ4n) is 1.19. The summed E-state index contributed by atoms with van der Waals surface area (Å²) in [5, 5.41) is 10.4. The predicted octanol–water partition coefficient (Wildman–Crippen LogP) is 0.264. The standard InChI is InChI=1S/C10H10FNO5S/c11-7-3-1-2-4-8(7)12-9(13)5-18(16,17)6-10(14)15/h1-4H,5-6H2,(H,12,13)(H,14,15). The fourth-order valence-corrected chi connectivity index (χ4v) is 2.14. The Morgan fingerprint density at radius 1 is 1.22 bits per heavy atom. The summed E-state index contributed by atoms with van der Waals surface area (Å²) in [7, 11) is -4.05. The number of halogens is 1. The summed E-state index contributed by atoms with van der Waals surface area (Å²) < 4.78 is 35.5. The molecule has 0 fully saturated rings. The molecule has 0 aliphatic carbocycles. The predicted molar refractivity (Wildman–Crippen MR) is 61.3 cm³/mol. The molecular formula is C10H10FNO5S. The minimum Gasteiger partial charge on any atom is -0.480 e. The number of carboxylic acids is 1. The molecule has 1 amide bonds. The number of benzene rings is 1. The number of carbonyl (C=O) groups excluding carboxylic acids is 1. The van der Waals surface area contributed by atoms with E-state index in [4.69, 9.17) is 5.11 Å². The van der Waals surface area contributed by atoms with E-state index in [-0.39, 0.29) is 5.69 Å². The van der Waals surface area contributed by atoms with E-state index in [0.717, 1.165) is 6.07 Å². The van der Waals surface area contributed by atoms with Gasteiger partial charge in [-0.1, -0.05) is 12.1 Å². The topological polar surface area (TPSA) is 101 Å². The molecule has 0 unspecified atom stereocenters. The Kier molecular flexibility index (Phi) is 4.38. The minimum atomic E-state index is -4.05. The van der Waals surface area contributed by atoms with Gasteiger partial charge in [0.1, 0.15) is 17.3 Å². The van der Waals surface area contributed by atoms with Gasteiger partial charge >= 0.3 is 5.97 Å². The number of anilines is 1. The van der Waals surface area contributed by atoms with Crippen molar-refractivity contribution in [2.45, 2.75) is 0 Å². The van der Waals surface area contributed by atoms with E-state index >= 15 is 0 Å². The summed E-state index contributed by atoms with van der Waals surface area (Å²) >= 11 is 0. The summed E-state index contributed by atoms with van der Waals surface area (Å²) in [6.45, 7) is 0. The first-order valence-electron chi connectivity index (χ1n) is 4.77. The van der Waals surface area contributed by atoms with Gasteiger partial charge in [-0.2, -0.15) is 0 Å². The molecule has 0 saturated heterocycles. The first kappa shape index (κ1) is 14.1. The van der Waals surface area contributed by atoms with Crippen LogP contribution in [0.3, 0.4) is 0 Å². The SMILES string of the molecule is O=C(O)CS(=O)(=O)CC(=O)Nc1ccccc1F. The van der Waals surface area contributed by atoms with Crippen LogP contribution in [0.5, 0.6) is 0 Å². The van der Waals surface area contributed by atoms with Gasteiger partial charge in [0.25, 0.3) is 0 Å². The molecule has 18 heavy (non-hydrogen) atoms. The lowest BCUT2D eigenvalue weighted by Crippen LogP contribution is -2.27. The molecular weight excluding hydrogens is 265 g/mol. The summed E-state index contributed by atoms with van der Waals surface area (Å²) in [5.74, 6) is -5.39. The Labute approximate surface area is 102 Å².